The standard InChI is InChI=1S/C30H25N3O4/c1-35-22-12-8-20(9-13-22)29(34)28-27(21-10-14-24(36-2)25(16-21)37-3)30(17-31,18-32)26-15-11-19-6-4-5-7-23(19)33(26)28/h4-16,26-28H,1-3H3/t26-,27+,28-/m0/s1. The Hall–Kier alpha value is -4.75. The van der Waals surface area contributed by atoms with Crippen molar-refractivity contribution < 1.29 is 19.0 Å². The topological polar surface area (TPSA) is 95.6 Å². The van der Waals surface area contributed by atoms with Crippen molar-refractivity contribution in [2.75, 3.05) is 26.2 Å². The fourth-order valence-electron chi connectivity index (χ4n) is 5.58. The van der Waals surface area contributed by atoms with Crippen LogP contribution in [0.5, 0.6) is 17.2 Å². The van der Waals surface area contributed by atoms with E-state index >= 15 is 0 Å². The molecule has 3 aromatic carbocycles. The Kier molecular flexibility index (Phi) is 6.07. The van der Waals surface area contributed by atoms with Crippen LogP contribution in [0.3, 0.4) is 0 Å². The Labute approximate surface area is 215 Å². The SMILES string of the molecule is COc1ccc(C(=O)[C@@H]2[C@@H](c3ccc(OC)c(OC)c3)C(C#N)(C#N)[C@@H]3C=Cc4ccccc4N23)cc1. The average Bonchev–Trinajstić information content (AvgIpc) is 3.27. The molecule has 0 amide bonds. The van der Waals surface area contributed by atoms with E-state index in [0.717, 1.165) is 11.3 Å². The summed E-state index contributed by atoms with van der Waals surface area (Å²) in [4.78, 5) is 16.3. The highest BCUT2D eigenvalue weighted by molar-refractivity contribution is 6.04. The van der Waals surface area contributed by atoms with Gasteiger partial charge in [0.1, 0.15) is 11.8 Å². The van der Waals surface area contributed by atoms with Gasteiger partial charge >= 0.3 is 0 Å². The van der Waals surface area contributed by atoms with Crippen molar-refractivity contribution in [2.24, 2.45) is 5.41 Å². The van der Waals surface area contributed by atoms with Crippen molar-refractivity contribution in [3.63, 3.8) is 0 Å². The van der Waals surface area contributed by atoms with Gasteiger partial charge in [-0.05, 0) is 53.6 Å². The van der Waals surface area contributed by atoms with Crippen LogP contribution in [0, 0.1) is 28.1 Å². The number of nitrogens with zero attached hydrogens (tertiary/aromatic N) is 3. The lowest BCUT2D eigenvalue weighted by atomic mass is 9.69. The minimum atomic E-state index is -1.55. The molecule has 3 aromatic rings. The van der Waals surface area contributed by atoms with Crippen molar-refractivity contribution in [1.82, 2.24) is 0 Å². The number of ketones is 1. The zero-order valence-electron chi connectivity index (χ0n) is 20.7. The Bertz CT molecular complexity index is 1450. The van der Waals surface area contributed by atoms with E-state index in [1.54, 1.807) is 56.7 Å². The van der Waals surface area contributed by atoms with Crippen LogP contribution in [-0.4, -0.2) is 39.2 Å². The van der Waals surface area contributed by atoms with Crippen LogP contribution in [0.2, 0.25) is 0 Å². The molecule has 0 N–H and O–H groups in total. The Morgan fingerprint density at radius 3 is 2.24 bits per heavy atom. The monoisotopic (exact) mass is 491 g/mol. The van der Waals surface area contributed by atoms with Gasteiger partial charge in [-0.15, -0.1) is 0 Å². The summed E-state index contributed by atoms with van der Waals surface area (Å²) in [5.74, 6) is 0.639. The molecule has 0 unspecified atom stereocenters. The van der Waals surface area contributed by atoms with Crippen molar-refractivity contribution in [1.29, 1.82) is 10.5 Å². The number of methoxy groups -OCH3 is 3. The first kappa shape index (κ1) is 24.0. The van der Waals surface area contributed by atoms with E-state index in [-0.39, 0.29) is 5.78 Å². The lowest BCUT2D eigenvalue weighted by molar-refractivity contribution is 0.0951. The molecule has 1 fully saturated rings. The third-order valence-corrected chi connectivity index (χ3v) is 7.33. The van der Waals surface area contributed by atoms with Crippen LogP contribution in [0.15, 0.2) is 72.8 Å². The largest absolute Gasteiger partial charge is 0.497 e. The third-order valence-electron chi connectivity index (χ3n) is 7.33. The summed E-state index contributed by atoms with van der Waals surface area (Å²) in [7, 11) is 4.64. The predicted molar refractivity (Wildman–Crippen MR) is 139 cm³/mol. The van der Waals surface area contributed by atoms with E-state index in [1.165, 1.54) is 7.11 Å². The Balaban J connectivity index is 1.76. The minimum Gasteiger partial charge on any atom is -0.497 e. The van der Waals surface area contributed by atoms with Gasteiger partial charge < -0.3 is 19.1 Å². The average molecular weight is 492 g/mol. The van der Waals surface area contributed by atoms with Crippen molar-refractivity contribution in [3.8, 4) is 29.4 Å². The molecule has 5 rings (SSSR count). The van der Waals surface area contributed by atoms with E-state index < -0.39 is 23.4 Å². The van der Waals surface area contributed by atoms with Crippen LogP contribution < -0.4 is 19.1 Å². The number of para-hydroxylation sites is 1. The molecular weight excluding hydrogens is 466 g/mol. The molecule has 0 spiro atoms. The van der Waals surface area contributed by atoms with Gasteiger partial charge in [0, 0.05) is 17.2 Å². The van der Waals surface area contributed by atoms with Crippen LogP contribution in [0.4, 0.5) is 5.69 Å². The van der Waals surface area contributed by atoms with E-state index in [2.05, 4.69) is 12.1 Å². The summed E-state index contributed by atoms with van der Waals surface area (Å²) in [5, 5.41) is 21.2. The summed E-state index contributed by atoms with van der Waals surface area (Å²) in [6, 6.07) is 23.1. The van der Waals surface area contributed by atoms with E-state index in [9.17, 15) is 15.3 Å². The normalized spacial score (nSPS) is 20.7. The predicted octanol–water partition coefficient (Wildman–Crippen LogP) is 5.00. The second-order valence-electron chi connectivity index (χ2n) is 8.99. The number of Topliss-reactive ketones (excluding diaryl/α,β-unsaturated/α-hetero) is 1. The quantitative estimate of drug-likeness (QED) is 0.448. The van der Waals surface area contributed by atoms with Crippen LogP contribution >= 0.6 is 0 Å². The molecule has 0 aliphatic carbocycles. The summed E-state index contributed by atoms with van der Waals surface area (Å²) in [5.41, 5.74) is 1.29. The molecule has 2 aliphatic rings. The van der Waals surface area contributed by atoms with Crippen molar-refractivity contribution in [3.05, 3.63) is 89.5 Å². The second-order valence-corrected chi connectivity index (χ2v) is 8.99. The fourth-order valence-corrected chi connectivity index (χ4v) is 5.58. The summed E-state index contributed by atoms with van der Waals surface area (Å²) < 4.78 is 16.2. The molecule has 1 saturated heterocycles. The zero-order valence-corrected chi connectivity index (χ0v) is 20.7. The molecule has 0 aromatic heterocycles. The number of rotatable bonds is 6. The molecule has 2 aliphatic heterocycles. The first-order valence-corrected chi connectivity index (χ1v) is 11.8. The molecule has 3 atom stereocenters. The third kappa shape index (κ3) is 3.59. The molecule has 7 heteroatoms. The van der Waals surface area contributed by atoms with Crippen molar-refractivity contribution >= 4 is 17.5 Å². The number of carbonyl (C=O) groups excluding carboxylic acids is 1. The van der Waals surface area contributed by atoms with Gasteiger partial charge in [-0.1, -0.05) is 36.4 Å². The van der Waals surface area contributed by atoms with Gasteiger partial charge in [0.2, 0.25) is 0 Å². The molecule has 184 valence electrons. The van der Waals surface area contributed by atoms with E-state index in [1.807, 2.05) is 41.3 Å². The van der Waals surface area contributed by atoms with Gasteiger partial charge in [-0.2, -0.15) is 10.5 Å². The van der Waals surface area contributed by atoms with E-state index in [4.69, 9.17) is 14.2 Å². The van der Waals surface area contributed by atoms with Gasteiger partial charge in [0.05, 0.1) is 39.5 Å². The molecule has 7 nitrogen and oxygen atoms in total. The van der Waals surface area contributed by atoms with Gasteiger partial charge in [0.25, 0.3) is 0 Å². The maximum Gasteiger partial charge on any atom is 0.185 e. The van der Waals surface area contributed by atoms with Gasteiger partial charge in [0.15, 0.2) is 22.7 Å². The molecule has 0 bridgehead atoms. The number of hydrogen-bond donors (Lipinski definition) is 0. The van der Waals surface area contributed by atoms with Gasteiger partial charge in [-0.25, -0.2) is 0 Å². The highest BCUT2D eigenvalue weighted by Crippen LogP contribution is 2.56. The maximum atomic E-state index is 14.3. The van der Waals surface area contributed by atoms with Crippen LogP contribution in [-0.2, 0) is 0 Å². The summed E-state index contributed by atoms with van der Waals surface area (Å²) >= 11 is 0. The second kappa shape index (κ2) is 9.37. The lowest BCUT2D eigenvalue weighted by Gasteiger charge is -2.35. The first-order chi connectivity index (χ1) is 18.0. The number of fused-ring (bicyclic) bond motifs is 3. The summed E-state index contributed by atoms with van der Waals surface area (Å²) in [6.07, 6.45) is 3.79. The lowest BCUT2D eigenvalue weighted by Crippen LogP contribution is -2.44. The highest BCUT2D eigenvalue weighted by Gasteiger charge is 2.63. The van der Waals surface area contributed by atoms with E-state index in [0.29, 0.717) is 28.4 Å². The van der Waals surface area contributed by atoms with Crippen molar-refractivity contribution in [2.45, 2.75) is 18.0 Å². The summed E-state index contributed by atoms with van der Waals surface area (Å²) in [6.45, 7) is 0. The number of hydrogen-bond acceptors (Lipinski definition) is 7. The number of ether oxygens (including phenoxy) is 3. The molecular formula is C30H25N3O4. The zero-order chi connectivity index (χ0) is 26.2. The number of benzene rings is 3. The number of nitriles is 2. The van der Waals surface area contributed by atoms with Gasteiger partial charge in [-0.3, -0.25) is 4.79 Å². The molecule has 0 saturated carbocycles. The number of anilines is 1. The smallest absolute Gasteiger partial charge is 0.185 e. The molecule has 2 heterocycles. The van der Waals surface area contributed by atoms with Crippen LogP contribution in [0.25, 0.3) is 6.08 Å². The first-order valence-electron chi connectivity index (χ1n) is 11.8. The molecule has 37 heavy (non-hydrogen) atoms. The fraction of sp³-hybridized carbons (Fsp3) is 0.233. The maximum absolute atomic E-state index is 14.3. The Morgan fingerprint density at radius 1 is 0.892 bits per heavy atom. The highest BCUT2D eigenvalue weighted by atomic mass is 16.5. The minimum absolute atomic E-state index is 0.190. The van der Waals surface area contributed by atoms with Crippen LogP contribution in [0.1, 0.15) is 27.4 Å². The number of carbonyl (C=O) groups is 1. The Morgan fingerprint density at radius 2 is 1.59 bits per heavy atom. The molecule has 0 radical (unpaired) electrons.